The molecule has 0 aliphatic carbocycles. The lowest BCUT2D eigenvalue weighted by Crippen LogP contribution is -2.61. The number of carboxylic acids is 1. The highest BCUT2D eigenvalue weighted by Gasteiger charge is 2.35. The molecule has 0 spiro atoms. The number of aromatic nitrogens is 1. The van der Waals surface area contributed by atoms with Gasteiger partial charge in [0, 0.05) is 47.9 Å². The molecule has 0 saturated heterocycles. The number of phenolic OH excluding ortho intramolecular Hbond substituents is 1. The van der Waals surface area contributed by atoms with E-state index in [0.717, 1.165) is 27.2 Å². The van der Waals surface area contributed by atoms with E-state index in [-0.39, 0.29) is 55.9 Å². The summed E-state index contributed by atoms with van der Waals surface area (Å²) < 4.78 is 0. The Bertz CT molecular complexity index is 3130. The molecule has 5 aromatic carbocycles. The Hall–Kier alpha value is -7.92. The molecule has 8 atom stereocenters. The number of carbonyl (C=O) groups is 8. The molecule has 0 fully saturated rings. The van der Waals surface area contributed by atoms with E-state index in [0.29, 0.717) is 29.5 Å². The minimum atomic E-state index is -1.40. The monoisotopic (exact) mass is 1140 g/mol. The maximum absolute atomic E-state index is 14.8. The standard InChI is InChI=1S/C59H72N10O10S2/c1-34(2)51(58(77)68-50(33-81)57(76)66-48(59(78)79)29-37-19-22-38-14-6-7-15-39(38)26-37)69-53(72)45(18-10-11-25-60)63-55(74)47(30-40-31-62-44-17-9-8-16-42(40)44)65-54(73)46(28-36-20-23-41(70)24-21-36)64-56(75)49(32-80)67-52(71)43(61)27-35-12-4-3-5-13-35/h3-9,12-17,19-24,26,31,34,43,45-51,62,70,80-81H,10-11,18,25,27-30,32-33,60-61H2,1-2H3,(H,63,74)(H,64,75)(H,65,73)(H,66,76)(H,67,71)(H,68,77)(H,69,72)(H,78,79)/t43-,45+,46+,47-,48+,49+,50+,51+/m1/s1. The van der Waals surface area contributed by atoms with Crippen LogP contribution in [-0.2, 0) is 64.0 Å². The van der Waals surface area contributed by atoms with Gasteiger partial charge >= 0.3 is 5.97 Å². The number of carboxylic acid groups (broad SMARTS) is 1. The Morgan fingerprint density at radius 2 is 1.02 bits per heavy atom. The maximum Gasteiger partial charge on any atom is 0.326 e. The number of hydrogen-bond donors (Lipinski definition) is 14. The second-order valence-electron chi connectivity index (χ2n) is 20.2. The van der Waals surface area contributed by atoms with Crippen LogP contribution in [0.4, 0.5) is 0 Å². The molecule has 430 valence electrons. The van der Waals surface area contributed by atoms with Gasteiger partial charge in [0.05, 0.1) is 6.04 Å². The Balaban J connectivity index is 1.20. The molecule has 20 nitrogen and oxygen atoms in total. The van der Waals surface area contributed by atoms with E-state index >= 15 is 0 Å². The van der Waals surface area contributed by atoms with Crippen LogP contribution < -0.4 is 48.7 Å². The quantitative estimate of drug-likeness (QED) is 0.0229. The molecule has 0 bridgehead atoms. The van der Waals surface area contributed by atoms with Gasteiger partial charge < -0.3 is 63.9 Å². The molecular formula is C59H72N10O10S2. The van der Waals surface area contributed by atoms with Crippen molar-refractivity contribution in [2.24, 2.45) is 17.4 Å². The Morgan fingerprint density at radius 3 is 1.65 bits per heavy atom. The lowest BCUT2D eigenvalue weighted by atomic mass is 10.00. The molecule has 0 aliphatic heterocycles. The minimum Gasteiger partial charge on any atom is -0.508 e. The van der Waals surface area contributed by atoms with E-state index in [1.165, 1.54) is 12.1 Å². The summed E-state index contributed by atoms with van der Waals surface area (Å²) in [6.45, 7) is 3.60. The normalized spacial score (nSPS) is 14.3. The predicted molar refractivity (Wildman–Crippen MR) is 316 cm³/mol. The van der Waals surface area contributed by atoms with E-state index in [4.69, 9.17) is 11.5 Å². The SMILES string of the molecule is CC(C)[C@H](NC(=O)[C@H](CCCCN)NC(=O)[C@@H](Cc1c[nH]c2ccccc12)NC(=O)[C@H](Cc1ccc(O)cc1)NC(=O)[C@H](CS)NC(=O)[C@H](N)Cc1ccccc1)C(=O)N[C@@H](CS)C(=O)N[C@@H](Cc1ccc2ccccc2c1)C(=O)O. The van der Waals surface area contributed by atoms with Crippen LogP contribution in [-0.4, -0.2) is 129 Å². The van der Waals surface area contributed by atoms with Crippen molar-refractivity contribution in [1.29, 1.82) is 0 Å². The number of fused-ring (bicyclic) bond motifs is 2. The summed E-state index contributed by atoms with van der Waals surface area (Å²) in [7, 11) is 0. The van der Waals surface area contributed by atoms with Crippen molar-refractivity contribution in [3.8, 4) is 5.75 Å². The van der Waals surface area contributed by atoms with Crippen LogP contribution in [0.15, 0.2) is 128 Å². The third-order valence-corrected chi connectivity index (χ3v) is 14.4. The number of carbonyl (C=O) groups excluding carboxylic acids is 7. The van der Waals surface area contributed by atoms with Crippen LogP contribution in [0.5, 0.6) is 5.75 Å². The summed E-state index contributed by atoms with van der Waals surface area (Å²) in [4.78, 5) is 115. The van der Waals surface area contributed by atoms with Crippen molar-refractivity contribution in [3.63, 3.8) is 0 Å². The first-order valence-corrected chi connectivity index (χ1v) is 28.0. The summed E-state index contributed by atoms with van der Waals surface area (Å²) in [5, 5.41) is 41.6. The number of nitrogens with two attached hydrogens (primary N) is 2. The van der Waals surface area contributed by atoms with Crippen molar-refractivity contribution in [3.05, 3.63) is 150 Å². The first-order chi connectivity index (χ1) is 38.9. The molecule has 0 saturated carbocycles. The summed E-state index contributed by atoms with van der Waals surface area (Å²) in [5.74, 6) is -7.67. The number of aromatic hydroxyl groups is 1. The van der Waals surface area contributed by atoms with Crippen molar-refractivity contribution in [2.45, 2.75) is 107 Å². The fourth-order valence-electron chi connectivity index (χ4n) is 9.14. The highest BCUT2D eigenvalue weighted by Crippen LogP contribution is 2.21. The molecule has 0 aliphatic rings. The number of aliphatic carboxylic acids is 1. The molecular weight excluding hydrogens is 1070 g/mol. The zero-order chi connectivity index (χ0) is 58.6. The van der Waals surface area contributed by atoms with Crippen molar-refractivity contribution in [2.75, 3.05) is 18.1 Å². The van der Waals surface area contributed by atoms with Gasteiger partial charge in [0.1, 0.15) is 48.0 Å². The molecule has 0 radical (unpaired) electrons. The predicted octanol–water partition coefficient (Wildman–Crippen LogP) is 2.75. The number of benzene rings is 5. The smallest absolute Gasteiger partial charge is 0.326 e. The number of H-pyrrole nitrogens is 1. The number of unbranched alkanes of at least 4 members (excludes halogenated alkanes) is 1. The van der Waals surface area contributed by atoms with E-state index in [1.807, 2.05) is 91.0 Å². The zero-order valence-electron chi connectivity index (χ0n) is 45.1. The van der Waals surface area contributed by atoms with Gasteiger partial charge in [0.25, 0.3) is 0 Å². The second kappa shape index (κ2) is 30.6. The number of aromatic amines is 1. The fourth-order valence-corrected chi connectivity index (χ4v) is 9.65. The number of rotatable bonds is 30. The number of hydrogen-bond acceptors (Lipinski definition) is 13. The highest BCUT2D eigenvalue weighted by atomic mass is 32.1. The molecule has 7 amide bonds. The van der Waals surface area contributed by atoms with E-state index < -0.39 is 102 Å². The van der Waals surface area contributed by atoms with Gasteiger partial charge in [0.2, 0.25) is 41.4 Å². The van der Waals surface area contributed by atoms with Crippen LogP contribution in [0, 0.1) is 5.92 Å². The van der Waals surface area contributed by atoms with E-state index in [9.17, 15) is 48.6 Å². The Morgan fingerprint density at radius 1 is 0.519 bits per heavy atom. The molecule has 1 aromatic heterocycles. The maximum atomic E-state index is 14.8. The largest absolute Gasteiger partial charge is 0.508 e. The fraction of sp³-hybridized carbons (Fsp3) is 0.356. The summed E-state index contributed by atoms with van der Waals surface area (Å²) >= 11 is 8.63. The molecule has 1 heterocycles. The van der Waals surface area contributed by atoms with Crippen LogP contribution in [0.2, 0.25) is 0 Å². The zero-order valence-corrected chi connectivity index (χ0v) is 46.9. The van der Waals surface area contributed by atoms with Gasteiger partial charge in [-0.05, 0) is 89.4 Å². The first kappa shape index (κ1) is 62.3. The number of amides is 7. The molecule has 22 heteroatoms. The average Bonchev–Trinajstić information content (AvgIpc) is 3.97. The third-order valence-electron chi connectivity index (χ3n) is 13.7. The van der Waals surface area contributed by atoms with Crippen molar-refractivity contribution in [1.82, 2.24) is 42.2 Å². The van der Waals surface area contributed by atoms with E-state index in [1.54, 1.807) is 38.2 Å². The lowest BCUT2D eigenvalue weighted by Gasteiger charge is -2.29. The third kappa shape index (κ3) is 18.3. The summed E-state index contributed by atoms with van der Waals surface area (Å²) in [6, 6.07) is 25.1. The number of phenols is 1. The van der Waals surface area contributed by atoms with Crippen molar-refractivity contribution < 1.29 is 48.6 Å². The van der Waals surface area contributed by atoms with Crippen molar-refractivity contribution >= 4 is 94.3 Å². The molecule has 81 heavy (non-hydrogen) atoms. The van der Waals surface area contributed by atoms with Crippen LogP contribution in [0.25, 0.3) is 21.7 Å². The Kier molecular flexibility index (Phi) is 23.5. The average molecular weight is 1150 g/mol. The summed E-state index contributed by atoms with van der Waals surface area (Å²) in [5.41, 5.74) is 15.4. The van der Waals surface area contributed by atoms with Gasteiger partial charge in [-0.15, -0.1) is 0 Å². The molecule has 14 N–H and O–H groups in total. The van der Waals surface area contributed by atoms with Crippen LogP contribution in [0.1, 0.15) is 55.4 Å². The van der Waals surface area contributed by atoms with Gasteiger partial charge in [-0.2, -0.15) is 25.3 Å². The number of para-hydroxylation sites is 1. The minimum absolute atomic E-state index is 0.0430. The lowest BCUT2D eigenvalue weighted by molar-refractivity contribution is -0.142. The topological polar surface area (TPSA) is 329 Å². The molecule has 6 aromatic rings. The number of nitrogens with one attached hydrogen (secondary N) is 8. The second-order valence-corrected chi connectivity index (χ2v) is 20.9. The van der Waals surface area contributed by atoms with Crippen LogP contribution in [0.3, 0.4) is 0 Å². The van der Waals surface area contributed by atoms with Gasteiger partial charge in [-0.3, -0.25) is 33.6 Å². The van der Waals surface area contributed by atoms with Gasteiger partial charge in [-0.1, -0.05) is 117 Å². The van der Waals surface area contributed by atoms with Gasteiger partial charge in [0.15, 0.2) is 0 Å². The molecule has 0 unspecified atom stereocenters. The number of thiol groups is 2. The van der Waals surface area contributed by atoms with Gasteiger partial charge in [-0.25, -0.2) is 4.79 Å². The van der Waals surface area contributed by atoms with E-state index in [2.05, 4.69) is 67.5 Å². The Labute approximate surface area is 480 Å². The van der Waals surface area contributed by atoms with Crippen LogP contribution >= 0.6 is 25.3 Å². The summed E-state index contributed by atoms with van der Waals surface area (Å²) in [6.07, 6.45) is 2.46. The first-order valence-electron chi connectivity index (χ1n) is 26.7. The molecule has 6 rings (SSSR count). The highest BCUT2D eigenvalue weighted by molar-refractivity contribution is 7.80.